The average Bonchev–Trinajstić information content (AvgIpc) is 2.30. The lowest BCUT2D eigenvalue weighted by molar-refractivity contribution is 0.598. The molecule has 2 rings (SSSR count). The molecule has 20 heavy (non-hydrogen) atoms. The summed E-state index contributed by atoms with van der Waals surface area (Å²) in [4.78, 5) is 3.39. The molecule has 1 aromatic heterocycles. The SMILES string of the molecule is Nc1cc(Br)cc(Br)c1S(=O)(=O)Nc1ccncc1F. The Morgan fingerprint density at radius 3 is 2.60 bits per heavy atom. The third-order valence-corrected chi connectivity index (χ3v) is 5.15. The second kappa shape index (κ2) is 5.66. The van der Waals surface area contributed by atoms with Gasteiger partial charge in [0.2, 0.25) is 0 Å². The molecular weight excluding hydrogens is 417 g/mol. The van der Waals surface area contributed by atoms with E-state index < -0.39 is 15.8 Å². The topological polar surface area (TPSA) is 85.1 Å². The Morgan fingerprint density at radius 2 is 2.00 bits per heavy atom. The average molecular weight is 425 g/mol. The lowest BCUT2D eigenvalue weighted by atomic mass is 10.3. The van der Waals surface area contributed by atoms with Crippen LogP contribution in [0.1, 0.15) is 0 Å². The fourth-order valence-corrected chi connectivity index (χ4v) is 4.66. The van der Waals surface area contributed by atoms with Gasteiger partial charge in [-0.25, -0.2) is 12.8 Å². The first-order chi connectivity index (χ1) is 9.31. The van der Waals surface area contributed by atoms with Crippen molar-refractivity contribution in [3.05, 3.63) is 45.4 Å². The highest BCUT2D eigenvalue weighted by molar-refractivity contribution is 9.11. The van der Waals surface area contributed by atoms with Gasteiger partial charge in [-0.3, -0.25) is 9.71 Å². The van der Waals surface area contributed by atoms with Crippen molar-refractivity contribution in [2.75, 3.05) is 10.5 Å². The number of hydrogen-bond acceptors (Lipinski definition) is 4. The Bertz CT molecular complexity index is 745. The van der Waals surface area contributed by atoms with E-state index in [1.54, 1.807) is 0 Å². The molecule has 0 amide bonds. The molecule has 0 aliphatic carbocycles. The molecule has 0 unspecified atom stereocenters. The highest BCUT2D eigenvalue weighted by Gasteiger charge is 2.22. The molecule has 1 aromatic carbocycles. The minimum atomic E-state index is -4.02. The number of nitrogens with two attached hydrogens (primary N) is 1. The third kappa shape index (κ3) is 3.10. The van der Waals surface area contributed by atoms with Crippen LogP contribution in [0.3, 0.4) is 0 Å². The smallest absolute Gasteiger partial charge is 0.265 e. The Labute approximate surface area is 131 Å². The highest BCUT2D eigenvalue weighted by atomic mass is 79.9. The van der Waals surface area contributed by atoms with Crippen LogP contribution >= 0.6 is 31.9 Å². The summed E-state index contributed by atoms with van der Waals surface area (Å²) in [6.07, 6.45) is 2.19. The zero-order valence-corrected chi connectivity index (χ0v) is 13.8. The molecule has 3 N–H and O–H groups in total. The van der Waals surface area contributed by atoms with Gasteiger partial charge in [-0.05, 0) is 34.1 Å². The number of rotatable bonds is 3. The van der Waals surface area contributed by atoms with Gasteiger partial charge in [-0.1, -0.05) is 15.9 Å². The molecule has 5 nitrogen and oxygen atoms in total. The van der Waals surface area contributed by atoms with Gasteiger partial charge in [0, 0.05) is 15.1 Å². The molecular formula is C11H8Br2FN3O2S. The van der Waals surface area contributed by atoms with E-state index >= 15 is 0 Å². The van der Waals surface area contributed by atoms with Crippen LogP contribution in [0.5, 0.6) is 0 Å². The zero-order chi connectivity index (χ0) is 14.9. The van der Waals surface area contributed by atoms with Gasteiger partial charge < -0.3 is 5.73 Å². The molecule has 106 valence electrons. The Morgan fingerprint density at radius 1 is 1.30 bits per heavy atom. The molecule has 2 aromatic rings. The van der Waals surface area contributed by atoms with Crippen molar-refractivity contribution >= 4 is 53.3 Å². The fourth-order valence-electron chi connectivity index (χ4n) is 1.52. The van der Waals surface area contributed by atoms with Crippen LogP contribution in [0.2, 0.25) is 0 Å². The largest absolute Gasteiger partial charge is 0.398 e. The van der Waals surface area contributed by atoms with Gasteiger partial charge >= 0.3 is 0 Å². The number of benzene rings is 1. The summed E-state index contributed by atoms with van der Waals surface area (Å²) >= 11 is 6.33. The minimum Gasteiger partial charge on any atom is -0.398 e. The maximum Gasteiger partial charge on any atom is 0.265 e. The van der Waals surface area contributed by atoms with Gasteiger partial charge in [0.25, 0.3) is 10.0 Å². The third-order valence-electron chi connectivity index (χ3n) is 2.32. The van der Waals surface area contributed by atoms with E-state index in [0.29, 0.717) is 4.47 Å². The number of nitrogen functional groups attached to an aromatic ring is 1. The summed E-state index contributed by atoms with van der Waals surface area (Å²) in [5.74, 6) is -0.775. The first kappa shape index (κ1) is 15.2. The van der Waals surface area contributed by atoms with Crippen molar-refractivity contribution in [3.8, 4) is 0 Å². The first-order valence-corrected chi connectivity index (χ1v) is 8.25. The second-order valence-corrected chi connectivity index (χ2v) is 7.16. The molecule has 0 bridgehead atoms. The standard InChI is InChI=1S/C11H8Br2FN3O2S/c12-6-3-7(13)11(9(15)4-6)20(18,19)17-10-1-2-16-5-8(10)14/h1-5H,15H2,(H,16,17). The molecule has 0 aliphatic heterocycles. The van der Waals surface area contributed by atoms with E-state index in [2.05, 4.69) is 41.6 Å². The van der Waals surface area contributed by atoms with E-state index in [-0.39, 0.29) is 20.7 Å². The monoisotopic (exact) mass is 423 g/mol. The summed E-state index contributed by atoms with van der Waals surface area (Å²) < 4.78 is 41.1. The summed E-state index contributed by atoms with van der Waals surface area (Å²) in [7, 11) is -4.02. The number of nitrogens with one attached hydrogen (secondary N) is 1. The normalized spacial score (nSPS) is 11.3. The lowest BCUT2D eigenvalue weighted by Crippen LogP contribution is -2.16. The molecule has 1 heterocycles. The Balaban J connectivity index is 2.50. The maximum atomic E-state index is 13.5. The van der Waals surface area contributed by atoms with Crippen molar-refractivity contribution in [1.29, 1.82) is 0 Å². The van der Waals surface area contributed by atoms with Gasteiger partial charge in [0.15, 0.2) is 5.82 Å². The Kier molecular flexibility index (Phi) is 4.31. The number of halogens is 3. The van der Waals surface area contributed by atoms with Gasteiger partial charge in [-0.15, -0.1) is 0 Å². The second-order valence-electron chi connectivity index (χ2n) is 3.77. The molecule has 0 fully saturated rings. The predicted octanol–water partition coefficient (Wildman–Crippen LogP) is 3.13. The van der Waals surface area contributed by atoms with Crippen LogP contribution in [0.15, 0.2) is 44.4 Å². The van der Waals surface area contributed by atoms with Gasteiger partial charge in [0.05, 0.1) is 17.6 Å². The van der Waals surface area contributed by atoms with E-state index in [4.69, 9.17) is 5.73 Å². The van der Waals surface area contributed by atoms with Crippen LogP contribution in [-0.4, -0.2) is 13.4 Å². The molecule has 0 radical (unpaired) electrons. The molecule has 0 saturated heterocycles. The van der Waals surface area contributed by atoms with Crippen LogP contribution < -0.4 is 10.5 Å². The molecule has 0 aliphatic rings. The molecule has 9 heteroatoms. The fraction of sp³-hybridized carbons (Fsp3) is 0. The van der Waals surface area contributed by atoms with Crippen molar-refractivity contribution < 1.29 is 12.8 Å². The van der Waals surface area contributed by atoms with Crippen LogP contribution in [0.4, 0.5) is 15.8 Å². The molecule has 0 saturated carbocycles. The van der Waals surface area contributed by atoms with E-state index in [1.165, 1.54) is 24.4 Å². The zero-order valence-electron chi connectivity index (χ0n) is 9.77. The number of sulfonamides is 1. The van der Waals surface area contributed by atoms with Crippen LogP contribution in [0, 0.1) is 5.82 Å². The van der Waals surface area contributed by atoms with Crippen LogP contribution in [0.25, 0.3) is 0 Å². The van der Waals surface area contributed by atoms with E-state index in [1.807, 2.05) is 0 Å². The first-order valence-electron chi connectivity index (χ1n) is 5.18. The number of nitrogens with zero attached hydrogens (tertiary/aromatic N) is 1. The minimum absolute atomic E-state index is 0.0354. The van der Waals surface area contributed by atoms with Crippen LogP contribution in [-0.2, 0) is 10.0 Å². The number of aromatic nitrogens is 1. The lowest BCUT2D eigenvalue weighted by Gasteiger charge is -2.12. The quantitative estimate of drug-likeness (QED) is 0.741. The van der Waals surface area contributed by atoms with Crippen molar-refractivity contribution in [3.63, 3.8) is 0 Å². The predicted molar refractivity (Wildman–Crippen MR) is 81.3 cm³/mol. The maximum absolute atomic E-state index is 13.5. The number of anilines is 2. The summed E-state index contributed by atoms with van der Waals surface area (Å²) in [6.45, 7) is 0. The molecule has 0 spiro atoms. The van der Waals surface area contributed by atoms with Crippen molar-refractivity contribution in [2.24, 2.45) is 0 Å². The Hall–Kier alpha value is -1.19. The van der Waals surface area contributed by atoms with Gasteiger partial charge in [0.1, 0.15) is 4.90 Å². The van der Waals surface area contributed by atoms with E-state index in [0.717, 1.165) is 6.20 Å². The number of pyridine rings is 1. The summed E-state index contributed by atoms with van der Waals surface area (Å²) in [5, 5.41) is 0. The summed E-state index contributed by atoms with van der Waals surface area (Å²) in [6, 6.07) is 4.20. The number of hydrogen-bond donors (Lipinski definition) is 2. The highest BCUT2D eigenvalue weighted by Crippen LogP contribution is 2.33. The van der Waals surface area contributed by atoms with Gasteiger partial charge in [-0.2, -0.15) is 0 Å². The van der Waals surface area contributed by atoms with E-state index in [9.17, 15) is 12.8 Å². The van der Waals surface area contributed by atoms with Crippen molar-refractivity contribution in [2.45, 2.75) is 4.90 Å². The summed E-state index contributed by atoms with van der Waals surface area (Å²) in [5.41, 5.74) is 5.55. The molecule has 0 atom stereocenters. The van der Waals surface area contributed by atoms with Crippen molar-refractivity contribution in [1.82, 2.24) is 4.98 Å².